The molecule has 0 aromatic heterocycles. The van der Waals surface area contributed by atoms with E-state index in [1.165, 1.54) is 30.2 Å². The summed E-state index contributed by atoms with van der Waals surface area (Å²) in [4.78, 5) is 65.0. The number of rotatable bonds is 7. The molecule has 0 saturated carbocycles. The van der Waals surface area contributed by atoms with Crippen LogP contribution in [0.4, 0.5) is 9.18 Å². The molecular weight excluding hydrogens is 556 g/mol. The molecule has 2 aromatic carbocycles. The van der Waals surface area contributed by atoms with E-state index >= 15 is 4.39 Å². The number of likely N-dealkylation sites (N-methyl/N-ethyl adjacent to an activating group) is 1. The van der Waals surface area contributed by atoms with E-state index in [-0.39, 0.29) is 48.7 Å². The molecule has 1 saturated heterocycles. The SMILES string of the molecule is CCN1CCN(C(=O)NC(C(=O)N[C@H]2Cc3cccc(C(=O)O)c3OB2O)c2cc(C#N)c(OC)cc2F)C(=O)C1=O. The first kappa shape index (κ1) is 29.8. The van der Waals surface area contributed by atoms with Crippen molar-refractivity contribution in [2.24, 2.45) is 0 Å². The Morgan fingerprint density at radius 2 is 2.00 bits per heavy atom. The zero-order valence-electron chi connectivity index (χ0n) is 22.4. The van der Waals surface area contributed by atoms with Crippen molar-refractivity contribution in [2.45, 2.75) is 25.3 Å². The Balaban J connectivity index is 1.65. The van der Waals surface area contributed by atoms with Gasteiger partial charge in [0.1, 0.15) is 29.4 Å². The number of piperazine rings is 1. The molecule has 0 bridgehead atoms. The molecule has 0 aliphatic carbocycles. The normalized spacial score (nSPS) is 17.0. The third-order valence-electron chi connectivity index (χ3n) is 6.89. The van der Waals surface area contributed by atoms with E-state index < -0.39 is 60.2 Å². The Morgan fingerprint density at radius 3 is 2.64 bits per heavy atom. The Labute approximate surface area is 238 Å². The number of amides is 5. The van der Waals surface area contributed by atoms with E-state index in [0.717, 1.165) is 12.1 Å². The van der Waals surface area contributed by atoms with Gasteiger partial charge in [-0.05, 0) is 31.0 Å². The molecule has 2 heterocycles. The lowest BCUT2D eigenvalue weighted by atomic mass is 9.72. The molecule has 4 N–H and O–H groups in total. The smallest absolute Gasteiger partial charge is 0.534 e. The van der Waals surface area contributed by atoms with Gasteiger partial charge in [0.05, 0.1) is 24.2 Å². The van der Waals surface area contributed by atoms with Gasteiger partial charge < -0.3 is 35.1 Å². The number of halogens is 1. The molecule has 218 valence electrons. The van der Waals surface area contributed by atoms with Crippen molar-refractivity contribution >= 4 is 36.8 Å². The molecule has 1 unspecified atom stereocenters. The first-order chi connectivity index (χ1) is 20.0. The summed E-state index contributed by atoms with van der Waals surface area (Å²) in [7, 11) is -0.521. The van der Waals surface area contributed by atoms with E-state index in [1.54, 1.807) is 13.0 Å². The number of urea groups is 1. The van der Waals surface area contributed by atoms with Crippen molar-refractivity contribution < 1.29 is 47.9 Å². The fourth-order valence-corrected chi connectivity index (χ4v) is 4.69. The summed E-state index contributed by atoms with van der Waals surface area (Å²) in [6.07, 6.45) is -0.0927. The highest BCUT2D eigenvalue weighted by molar-refractivity contribution is 6.47. The van der Waals surface area contributed by atoms with Gasteiger partial charge in [-0.1, -0.05) is 12.1 Å². The van der Waals surface area contributed by atoms with Gasteiger partial charge in [-0.2, -0.15) is 5.26 Å². The average Bonchev–Trinajstić information content (AvgIpc) is 2.97. The van der Waals surface area contributed by atoms with Gasteiger partial charge in [0.2, 0.25) is 5.91 Å². The van der Waals surface area contributed by atoms with Crippen LogP contribution in [-0.4, -0.2) is 89.5 Å². The molecule has 2 atom stereocenters. The molecule has 1 fully saturated rings. The molecule has 14 nitrogen and oxygen atoms in total. The van der Waals surface area contributed by atoms with Crippen LogP contribution < -0.4 is 20.0 Å². The zero-order chi connectivity index (χ0) is 30.7. The van der Waals surface area contributed by atoms with Crippen molar-refractivity contribution in [1.29, 1.82) is 5.26 Å². The number of nitrogens with one attached hydrogen (secondary N) is 2. The maximum absolute atomic E-state index is 15.3. The standard InChI is InChI=1S/C26H25BFN5O9/c1-3-32-7-8-33(24(36)23(32)35)26(39)31-20(16-9-14(12-29)18(41-2)11-17(16)28)22(34)30-19-10-13-5-4-6-15(25(37)38)21(13)42-27(19)40/h4-6,9,11,19-20,40H,3,7-8,10H2,1-2H3,(H,30,34)(H,31,39)(H,37,38)/t19-,20?/m0/s1. The van der Waals surface area contributed by atoms with Crippen molar-refractivity contribution in [2.75, 3.05) is 26.7 Å². The zero-order valence-corrected chi connectivity index (χ0v) is 22.4. The minimum absolute atomic E-state index is 0.0458. The summed E-state index contributed by atoms with van der Waals surface area (Å²) in [6.45, 7) is 1.75. The largest absolute Gasteiger partial charge is 0.547 e. The number of aromatic carboxylic acids is 1. The van der Waals surface area contributed by atoms with Gasteiger partial charge in [0.25, 0.3) is 0 Å². The summed E-state index contributed by atoms with van der Waals surface area (Å²) in [5.74, 6) is -6.86. The maximum atomic E-state index is 15.3. The summed E-state index contributed by atoms with van der Waals surface area (Å²) < 4.78 is 25.6. The number of carbonyl (C=O) groups excluding carboxylic acids is 4. The maximum Gasteiger partial charge on any atom is 0.547 e. The predicted molar refractivity (Wildman–Crippen MR) is 141 cm³/mol. The highest BCUT2D eigenvalue weighted by Crippen LogP contribution is 2.31. The average molecular weight is 581 g/mol. The topological polar surface area (TPSA) is 199 Å². The Hall–Kier alpha value is -5.17. The first-order valence-electron chi connectivity index (χ1n) is 12.7. The van der Waals surface area contributed by atoms with Crippen LogP contribution in [0.15, 0.2) is 30.3 Å². The first-order valence-corrected chi connectivity index (χ1v) is 12.7. The summed E-state index contributed by atoms with van der Waals surface area (Å²) in [5, 5.41) is 34.2. The molecule has 0 spiro atoms. The molecule has 2 aliphatic rings. The highest BCUT2D eigenvalue weighted by atomic mass is 19.1. The molecular formula is C26H25BFN5O9. The van der Waals surface area contributed by atoms with Crippen molar-refractivity contribution in [1.82, 2.24) is 20.4 Å². The summed E-state index contributed by atoms with van der Waals surface area (Å²) >= 11 is 0. The number of nitrogens with zero attached hydrogens (tertiary/aromatic N) is 3. The van der Waals surface area contributed by atoms with Gasteiger partial charge in [-0.15, -0.1) is 0 Å². The number of imide groups is 1. The molecule has 2 aliphatic heterocycles. The summed E-state index contributed by atoms with van der Waals surface area (Å²) in [6, 6.07) is 4.88. The van der Waals surface area contributed by atoms with E-state index in [1.807, 2.05) is 0 Å². The number of carboxylic acid groups (broad SMARTS) is 1. The quantitative estimate of drug-likeness (QED) is 0.255. The van der Waals surface area contributed by atoms with E-state index in [0.29, 0.717) is 10.5 Å². The van der Waals surface area contributed by atoms with Crippen molar-refractivity contribution in [3.8, 4) is 17.6 Å². The van der Waals surface area contributed by atoms with Crippen LogP contribution in [0, 0.1) is 17.1 Å². The molecule has 4 rings (SSSR count). The Kier molecular flexibility index (Phi) is 8.62. The number of hydrogen-bond donors (Lipinski definition) is 4. The monoisotopic (exact) mass is 581 g/mol. The second-order valence-electron chi connectivity index (χ2n) is 9.34. The van der Waals surface area contributed by atoms with Crippen LogP contribution in [0.3, 0.4) is 0 Å². The highest BCUT2D eigenvalue weighted by Gasteiger charge is 2.41. The van der Waals surface area contributed by atoms with Gasteiger partial charge in [-0.3, -0.25) is 19.3 Å². The van der Waals surface area contributed by atoms with E-state index in [2.05, 4.69) is 10.6 Å². The second kappa shape index (κ2) is 12.1. The van der Waals surface area contributed by atoms with Gasteiger partial charge >= 0.3 is 30.9 Å². The second-order valence-corrected chi connectivity index (χ2v) is 9.34. The number of para-hydroxylation sites is 1. The minimum Gasteiger partial charge on any atom is -0.534 e. The molecule has 2 aromatic rings. The summed E-state index contributed by atoms with van der Waals surface area (Å²) in [5.41, 5.74) is -0.483. The predicted octanol–water partition coefficient (Wildman–Crippen LogP) is -0.0148. The van der Waals surface area contributed by atoms with Crippen LogP contribution in [-0.2, 0) is 20.8 Å². The number of benzene rings is 2. The van der Waals surface area contributed by atoms with Crippen LogP contribution in [0.2, 0.25) is 0 Å². The fourth-order valence-electron chi connectivity index (χ4n) is 4.69. The molecule has 0 radical (unpaired) electrons. The van der Waals surface area contributed by atoms with E-state index in [4.69, 9.17) is 9.39 Å². The number of hydrogen-bond acceptors (Lipinski definition) is 9. The number of nitriles is 1. The number of fused-ring (bicyclic) bond motifs is 1. The van der Waals surface area contributed by atoms with Gasteiger partial charge in [0, 0.05) is 31.3 Å². The van der Waals surface area contributed by atoms with Crippen molar-refractivity contribution in [3.63, 3.8) is 0 Å². The molecule has 5 amide bonds. The van der Waals surface area contributed by atoms with E-state index in [9.17, 15) is 39.4 Å². The lowest BCUT2D eigenvalue weighted by Crippen LogP contribution is -2.60. The number of carbonyl (C=O) groups is 5. The van der Waals surface area contributed by atoms with Crippen molar-refractivity contribution in [3.05, 3.63) is 58.4 Å². The Morgan fingerprint density at radius 1 is 1.26 bits per heavy atom. The lowest BCUT2D eigenvalue weighted by Gasteiger charge is -2.33. The van der Waals surface area contributed by atoms with Gasteiger partial charge in [-0.25, -0.2) is 14.0 Å². The van der Waals surface area contributed by atoms with Gasteiger partial charge in [0.15, 0.2) is 0 Å². The Bertz CT molecular complexity index is 1510. The van der Waals surface area contributed by atoms with Crippen LogP contribution in [0.25, 0.3) is 0 Å². The number of carboxylic acids is 1. The molecule has 16 heteroatoms. The molecule has 42 heavy (non-hydrogen) atoms. The number of methoxy groups -OCH3 is 1. The van der Waals surface area contributed by atoms with Crippen LogP contribution in [0.5, 0.6) is 11.5 Å². The minimum atomic E-state index is -1.86. The third-order valence-corrected chi connectivity index (χ3v) is 6.89. The van der Waals surface area contributed by atoms with Crippen LogP contribution >= 0.6 is 0 Å². The third kappa shape index (κ3) is 5.67. The number of ether oxygens (including phenoxy) is 1. The fraction of sp³-hybridized carbons (Fsp3) is 0.308. The lowest BCUT2D eigenvalue weighted by molar-refractivity contribution is -0.153. The van der Waals surface area contributed by atoms with Crippen LogP contribution in [0.1, 0.15) is 40.0 Å².